The average molecular weight is 932 g/mol. The summed E-state index contributed by atoms with van der Waals surface area (Å²) in [7, 11) is 1.30. The predicted molar refractivity (Wildman–Crippen MR) is 256 cm³/mol. The number of carbonyl (C=O) groups excluding carboxylic acids is 3. The highest BCUT2D eigenvalue weighted by Crippen LogP contribution is 2.48. The molecule has 4 amide bonds. The number of aromatic amines is 2. The van der Waals surface area contributed by atoms with Gasteiger partial charge < -0.3 is 54.6 Å². The molecule has 17 nitrogen and oxygen atoms in total. The second-order valence-corrected chi connectivity index (χ2v) is 19.9. The van der Waals surface area contributed by atoms with E-state index in [4.69, 9.17) is 24.2 Å². The highest BCUT2D eigenvalue weighted by atomic mass is 16.5. The molecule has 9 rings (SSSR count). The van der Waals surface area contributed by atoms with Crippen LogP contribution in [0.2, 0.25) is 0 Å². The fourth-order valence-electron chi connectivity index (χ4n) is 10.7. The standard InChI is InChI=1S/C51H65N9O8/c1-7-51(26-67-27-51)28-68-34-16-14-33(15-17-34)60-39(31-12-18-35-37(24-31)54-45(52-35)41-10-8-22-58(41)47(61)43(29(2)3)56-49(63)64)20-21-40(60)32-13-19-36-38(25-32)55-46(53-36)42-11-9-23-59(42)48(62)44(30(4)5)57-50(65)66-6/h12-19,24-25,29-30,39-44,56H,7-11,20-23,26-28H2,1-6H3,(H,52,54)(H,53,55)(H,57,65)(H,63,64)/t39-,40-,41+,42+,43+,44+/m1/s1. The molecule has 4 aliphatic rings. The zero-order valence-electron chi connectivity index (χ0n) is 39.9. The zero-order valence-corrected chi connectivity index (χ0v) is 39.9. The first-order chi connectivity index (χ1) is 32.8. The third kappa shape index (κ3) is 9.16. The summed E-state index contributed by atoms with van der Waals surface area (Å²) in [6.07, 6.45) is 4.03. The van der Waals surface area contributed by atoms with Crippen molar-refractivity contribution in [3.8, 4) is 5.75 Å². The molecule has 4 saturated heterocycles. The van der Waals surface area contributed by atoms with Gasteiger partial charge in [-0.2, -0.15) is 0 Å². The van der Waals surface area contributed by atoms with Gasteiger partial charge in [0.25, 0.3) is 0 Å². The number of anilines is 1. The normalized spacial score (nSPS) is 22.2. The van der Waals surface area contributed by atoms with Crippen molar-refractivity contribution in [2.45, 2.75) is 116 Å². The second-order valence-electron chi connectivity index (χ2n) is 19.9. The van der Waals surface area contributed by atoms with Gasteiger partial charge in [0.1, 0.15) is 29.5 Å². The second kappa shape index (κ2) is 19.3. The maximum Gasteiger partial charge on any atom is 0.407 e. The number of nitrogens with one attached hydrogen (secondary N) is 4. The number of nitrogens with zero attached hydrogens (tertiary/aromatic N) is 5. The molecular formula is C51H65N9O8. The number of imidazole rings is 2. The van der Waals surface area contributed by atoms with Crippen molar-refractivity contribution in [2.75, 3.05) is 44.9 Å². The van der Waals surface area contributed by atoms with E-state index in [9.17, 15) is 24.3 Å². The molecule has 17 heteroatoms. The Morgan fingerprint density at radius 2 is 1.26 bits per heavy atom. The van der Waals surface area contributed by atoms with Crippen molar-refractivity contribution in [3.63, 3.8) is 0 Å². The predicted octanol–water partition coefficient (Wildman–Crippen LogP) is 8.33. The van der Waals surface area contributed by atoms with Crippen LogP contribution in [0, 0.1) is 17.3 Å². The molecule has 0 saturated carbocycles. The number of carboxylic acid groups (broad SMARTS) is 1. The van der Waals surface area contributed by atoms with E-state index in [0.29, 0.717) is 38.7 Å². The Morgan fingerprint density at radius 3 is 1.71 bits per heavy atom. The third-order valence-corrected chi connectivity index (χ3v) is 14.8. The van der Waals surface area contributed by atoms with E-state index in [-0.39, 0.29) is 53.2 Å². The SMILES string of the molecule is CCC1(COc2ccc(N3[C@@H](c4ccc5nc([C@@H]6CCCN6C(=O)[C@@H](NC(=O)O)C(C)C)[nH]c5c4)CC[C@@H]3c3ccc4nc([C@@H]5CCCN5C(=O)[C@@H](NC(=O)OC)C(C)C)[nH]c4c3)cc2)COC1. The van der Waals surface area contributed by atoms with Crippen molar-refractivity contribution in [1.82, 2.24) is 40.4 Å². The van der Waals surface area contributed by atoms with Gasteiger partial charge in [0, 0.05) is 18.8 Å². The first-order valence-corrected chi connectivity index (χ1v) is 24.3. The van der Waals surface area contributed by atoms with Crippen molar-refractivity contribution >= 4 is 51.8 Å². The summed E-state index contributed by atoms with van der Waals surface area (Å²) < 4.78 is 16.7. The Labute approximate surface area is 396 Å². The van der Waals surface area contributed by atoms with Gasteiger partial charge in [0.2, 0.25) is 11.8 Å². The highest BCUT2D eigenvalue weighted by molar-refractivity contribution is 5.87. The van der Waals surface area contributed by atoms with Gasteiger partial charge in [0.05, 0.1) is 78.6 Å². The van der Waals surface area contributed by atoms with Crippen molar-refractivity contribution in [2.24, 2.45) is 17.3 Å². The molecule has 0 spiro atoms. The molecule has 0 radical (unpaired) electrons. The molecule has 5 aromatic rings. The Bertz CT molecular complexity index is 2630. The number of hydrogen-bond acceptors (Lipinski definition) is 10. The zero-order chi connectivity index (χ0) is 47.9. The lowest BCUT2D eigenvalue weighted by atomic mass is 9.84. The number of alkyl carbamates (subject to hydrolysis) is 1. The lowest BCUT2D eigenvalue weighted by Crippen LogP contribution is -2.51. The number of ether oxygens (including phenoxy) is 3. The number of aromatic nitrogens is 4. The van der Waals surface area contributed by atoms with Crippen LogP contribution in [0.25, 0.3) is 22.1 Å². The number of benzene rings is 3. The van der Waals surface area contributed by atoms with Crippen LogP contribution in [0.1, 0.15) is 127 Å². The minimum absolute atomic E-state index is 0.00967. The topological polar surface area (TPSA) is 207 Å². The summed E-state index contributed by atoms with van der Waals surface area (Å²) in [5.41, 5.74) is 6.79. The lowest BCUT2D eigenvalue weighted by molar-refractivity contribution is -0.136. The third-order valence-electron chi connectivity index (χ3n) is 14.8. The quantitative estimate of drug-likeness (QED) is 0.0675. The molecule has 4 aliphatic heterocycles. The molecule has 68 heavy (non-hydrogen) atoms. The number of hydrogen-bond donors (Lipinski definition) is 5. The summed E-state index contributed by atoms with van der Waals surface area (Å²) in [5.74, 6) is 1.52. The van der Waals surface area contributed by atoms with Gasteiger partial charge in [0.15, 0.2) is 0 Å². The van der Waals surface area contributed by atoms with Gasteiger partial charge in [-0.1, -0.05) is 46.8 Å². The van der Waals surface area contributed by atoms with E-state index in [1.807, 2.05) is 32.6 Å². The van der Waals surface area contributed by atoms with E-state index >= 15 is 0 Å². The number of methoxy groups -OCH3 is 1. The van der Waals surface area contributed by atoms with Crippen LogP contribution in [0.3, 0.4) is 0 Å². The molecule has 0 bridgehead atoms. The maximum atomic E-state index is 13.9. The Morgan fingerprint density at radius 1 is 0.750 bits per heavy atom. The largest absolute Gasteiger partial charge is 0.493 e. The number of carbonyl (C=O) groups is 4. The Kier molecular flexibility index (Phi) is 13.3. The average Bonchev–Trinajstić information content (AvgIpc) is 4.18. The lowest BCUT2D eigenvalue weighted by Gasteiger charge is -2.40. The van der Waals surface area contributed by atoms with E-state index in [1.54, 1.807) is 4.90 Å². The van der Waals surface area contributed by atoms with Crippen LogP contribution in [0.5, 0.6) is 5.75 Å². The summed E-state index contributed by atoms with van der Waals surface area (Å²) in [6.45, 7) is 12.8. The fraction of sp³-hybridized carbons (Fsp3) is 0.529. The monoisotopic (exact) mass is 931 g/mol. The first kappa shape index (κ1) is 46.7. The van der Waals surface area contributed by atoms with Crippen LogP contribution < -0.4 is 20.3 Å². The van der Waals surface area contributed by atoms with E-state index in [0.717, 1.165) is 95.4 Å². The van der Waals surface area contributed by atoms with Crippen molar-refractivity contribution in [1.29, 1.82) is 0 Å². The van der Waals surface area contributed by atoms with Gasteiger partial charge in [-0.25, -0.2) is 19.6 Å². The number of H-pyrrole nitrogens is 2. The van der Waals surface area contributed by atoms with Crippen molar-refractivity contribution in [3.05, 3.63) is 83.4 Å². The summed E-state index contributed by atoms with van der Waals surface area (Å²) in [5, 5.41) is 14.7. The molecular weight excluding hydrogens is 867 g/mol. The summed E-state index contributed by atoms with van der Waals surface area (Å²) >= 11 is 0. The molecule has 3 aromatic carbocycles. The van der Waals surface area contributed by atoms with Crippen molar-refractivity contribution < 1.29 is 38.5 Å². The van der Waals surface area contributed by atoms with Gasteiger partial charge in [-0.05, 0) is 116 Å². The van der Waals surface area contributed by atoms with Gasteiger partial charge in [-0.15, -0.1) is 0 Å². The Hall–Kier alpha value is -6.36. The minimum atomic E-state index is -1.22. The molecule has 6 heterocycles. The summed E-state index contributed by atoms with van der Waals surface area (Å²) in [6, 6.07) is 19.1. The van der Waals surface area contributed by atoms with Crippen LogP contribution >= 0.6 is 0 Å². The molecule has 4 fully saturated rings. The molecule has 6 atom stereocenters. The molecule has 5 N–H and O–H groups in total. The highest BCUT2D eigenvalue weighted by Gasteiger charge is 2.41. The van der Waals surface area contributed by atoms with Crippen LogP contribution in [-0.4, -0.2) is 111 Å². The van der Waals surface area contributed by atoms with E-state index < -0.39 is 24.3 Å². The summed E-state index contributed by atoms with van der Waals surface area (Å²) in [4.78, 5) is 74.8. The first-order valence-electron chi connectivity index (χ1n) is 24.3. The minimum Gasteiger partial charge on any atom is -0.493 e. The molecule has 362 valence electrons. The van der Waals surface area contributed by atoms with E-state index in [2.05, 4.69) is 93.1 Å². The molecule has 2 aromatic heterocycles. The van der Waals surface area contributed by atoms with Gasteiger partial charge >= 0.3 is 12.2 Å². The van der Waals surface area contributed by atoms with Crippen LogP contribution in [0.15, 0.2) is 60.7 Å². The molecule has 0 aliphatic carbocycles. The Balaban J connectivity index is 1.00. The van der Waals surface area contributed by atoms with E-state index in [1.165, 1.54) is 7.11 Å². The van der Waals surface area contributed by atoms with Gasteiger partial charge in [-0.3, -0.25) is 9.59 Å². The molecule has 0 unspecified atom stereocenters. The van der Waals surface area contributed by atoms with Crippen LogP contribution in [-0.2, 0) is 19.1 Å². The van der Waals surface area contributed by atoms with Crippen LogP contribution in [0.4, 0.5) is 15.3 Å². The number of likely N-dealkylation sites (tertiary alicyclic amines) is 2. The number of rotatable bonds is 15. The number of amides is 4. The fourth-order valence-corrected chi connectivity index (χ4v) is 10.7. The maximum absolute atomic E-state index is 13.9. The number of fused-ring (bicyclic) bond motifs is 2. The smallest absolute Gasteiger partial charge is 0.407 e.